The monoisotopic (exact) mass is 223 g/mol. The van der Waals surface area contributed by atoms with Gasteiger partial charge in [-0.15, -0.1) is 0 Å². The van der Waals surface area contributed by atoms with Gasteiger partial charge in [0.1, 0.15) is 0 Å². The summed E-state index contributed by atoms with van der Waals surface area (Å²) in [6.07, 6.45) is 1.24. The van der Waals surface area contributed by atoms with E-state index in [9.17, 15) is 9.59 Å². The van der Waals surface area contributed by atoms with Gasteiger partial charge in [0.05, 0.1) is 6.20 Å². The number of nitrogens with zero attached hydrogens (tertiary/aromatic N) is 2. The SMILES string of the molecule is Cn1cc([S+](O)Cl)c(=O)n(C)c1=O. The lowest BCUT2D eigenvalue weighted by Crippen LogP contribution is -2.38. The third kappa shape index (κ3) is 1.79. The van der Waals surface area contributed by atoms with Crippen LogP contribution in [0.2, 0.25) is 0 Å². The molecule has 0 amide bonds. The summed E-state index contributed by atoms with van der Waals surface area (Å²) in [5.74, 6) is 0. The van der Waals surface area contributed by atoms with Crippen LogP contribution in [0, 0.1) is 0 Å². The lowest BCUT2D eigenvalue weighted by molar-refractivity contribution is 0.627. The summed E-state index contributed by atoms with van der Waals surface area (Å²) in [6, 6.07) is 0. The second-order valence-electron chi connectivity index (χ2n) is 2.49. The van der Waals surface area contributed by atoms with Crippen molar-refractivity contribution in [3.05, 3.63) is 27.0 Å². The minimum atomic E-state index is -1.64. The first kappa shape index (κ1) is 10.4. The zero-order chi connectivity index (χ0) is 10.2. The molecular weight excluding hydrogens is 216 g/mol. The van der Waals surface area contributed by atoms with E-state index in [0.29, 0.717) is 0 Å². The van der Waals surface area contributed by atoms with Crippen molar-refractivity contribution in [3.8, 4) is 0 Å². The van der Waals surface area contributed by atoms with E-state index in [1.165, 1.54) is 24.9 Å². The second kappa shape index (κ2) is 3.57. The van der Waals surface area contributed by atoms with E-state index >= 15 is 0 Å². The number of aromatic nitrogens is 2. The molecule has 1 rings (SSSR count). The number of hydrogen-bond donors (Lipinski definition) is 1. The molecule has 7 heteroatoms. The van der Waals surface area contributed by atoms with Gasteiger partial charge >= 0.3 is 21.6 Å². The van der Waals surface area contributed by atoms with E-state index in [1.54, 1.807) is 0 Å². The average Bonchev–Trinajstić information content (AvgIpc) is 2.07. The first-order chi connectivity index (χ1) is 5.95. The first-order valence-corrected chi connectivity index (χ1v) is 5.32. The van der Waals surface area contributed by atoms with Crippen LogP contribution < -0.4 is 11.2 Å². The van der Waals surface area contributed by atoms with Gasteiger partial charge in [-0.25, -0.2) is 4.79 Å². The summed E-state index contributed by atoms with van der Waals surface area (Å²) in [5, 5.41) is 0. The van der Waals surface area contributed by atoms with Crippen LogP contribution >= 0.6 is 10.7 Å². The van der Waals surface area contributed by atoms with E-state index in [-0.39, 0.29) is 4.90 Å². The summed E-state index contributed by atoms with van der Waals surface area (Å²) >= 11 is 0. The Labute approximate surface area is 81.2 Å². The van der Waals surface area contributed by atoms with E-state index in [0.717, 1.165) is 4.57 Å². The fourth-order valence-electron chi connectivity index (χ4n) is 0.891. The van der Waals surface area contributed by atoms with Crippen LogP contribution in [0.25, 0.3) is 0 Å². The van der Waals surface area contributed by atoms with Crippen molar-refractivity contribution >= 4 is 21.1 Å². The third-order valence-electron chi connectivity index (χ3n) is 1.60. The molecule has 0 aliphatic carbocycles. The highest BCUT2D eigenvalue weighted by Crippen LogP contribution is 2.07. The van der Waals surface area contributed by atoms with Crippen molar-refractivity contribution in [2.24, 2.45) is 14.1 Å². The highest BCUT2D eigenvalue weighted by atomic mass is 35.7. The zero-order valence-electron chi connectivity index (χ0n) is 7.02. The smallest absolute Gasteiger partial charge is 0.298 e. The molecule has 1 aromatic rings. The van der Waals surface area contributed by atoms with Crippen molar-refractivity contribution in [3.63, 3.8) is 0 Å². The van der Waals surface area contributed by atoms with Crippen LogP contribution in [-0.4, -0.2) is 13.7 Å². The molecular formula is C6H8ClN2O3S+. The molecule has 1 N–H and O–H groups in total. The molecule has 0 fully saturated rings. The van der Waals surface area contributed by atoms with Gasteiger partial charge in [-0.3, -0.25) is 13.9 Å². The van der Waals surface area contributed by atoms with Crippen molar-refractivity contribution < 1.29 is 4.55 Å². The maximum Gasteiger partial charge on any atom is 0.330 e. The van der Waals surface area contributed by atoms with E-state index in [2.05, 4.69) is 0 Å². The summed E-state index contributed by atoms with van der Waals surface area (Å²) in [6.45, 7) is 0. The van der Waals surface area contributed by atoms with Crippen LogP contribution in [0.3, 0.4) is 0 Å². The van der Waals surface area contributed by atoms with E-state index in [1.807, 2.05) is 0 Å². The Morgan fingerprint density at radius 2 is 2.00 bits per heavy atom. The molecule has 0 saturated heterocycles. The van der Waals surface area contributed by atoms with Crippen LogP contribution in [0.1, 0.15) is 0 Å². The van der Waals surface area contributed by atoms with Gasteiger partial charge < -0.3 is 0 Å². The third-order valence-corrected chi connectivity index (χ3v) is 2.74. The Bertz CT molecular complexity index is 436. The molecule has 1 unspecified atom stereocenters. The number of aryl methyl sites for hydroxylation is 1. The number of hydrogen-bond acceptors (Lipinski definition) is 3. The Morgan fingerprint density at radius 3 is 2.46 bits per heavy atom. The molecule has 0 aliphatic heterocycles. The van der Waals surface area contributed by atoms with Gasteiger partial charge in [-0.1, -0.05) is 0 Å². The van der Waals surface area contributed by atoms with Crippen molar-refractivity contribution in [1.82, 2.24) is 9.13 Å². The van der Waals surface area contributed by atoms with Crippen molar-refractivity contribution in [2.75, 3.05) is 0 Å². The molecule has 5 nitrogen and oxygen atoms in total. The topological polar surface area (TPSA) is 64.2 Å². The maximum absolute atomic E-state index is 11.3. The van der Waals surface area contributed by atoms with E-state index < -0.39 is 21.6 Å². The van der Waals surface area contributed by atoms with Crippen molar-refractivity contribution in [1.29, 1.82) is 0 Å². The normalized spacial score (nSPS) is 12.9. The van der Waals surface area contributed by atoms with Gasteiger partial charge in [0.15, 0.2) is 0 Å². The van der Waals surface area contributed by atoms with Crippen molar-refractivity contribution in [2.45, 2.75) is 4.90 Å². The quantitative estimate of drug-likeness (QED) is 0.665. The molecule has 1 atom stereocenters. The van der Waals surface area contributed by atoms with Gasteiger partial charge in [-0.05, 0) is 0 Å². The summed E-state index contributed by atoms with van der Waals surface area (Å²) in [7, 11) is 6.53. The molecule has 0 aliphatic rings. The lowest BCUT2D eigenvalue weighted by Gasteiger charge is -2.00. The zero-order valence-corrected chi connectivity index (χ0v) is 8.59. The molecule has 1 heterocycles. The van der Waals surface area contributed by atoms with Crippen LogP contribution in [-0.2, 0) is 24.5 Å². The molecule has 13 heavy (non-hydrogen) atoms. The molecule has 1 aromatic heterocycles. The highest BCUT2D eigenvalue weighted by molar-refractivity contribution is 8.13. The first-order valence-electron chi connectivity index (χ1n) is 3.31. The predicted octanol–water partition coefficient (Wildman–Crippen LogP) is -0.312. The average molecular weight is 224 g/mol. The Morgan fingerprint density at radius 1 is 1.46 bits per heavy atom. The van der Waals surface area contributed by atoms with Gasteiger partial charge in [-0.2, -0.15) is 4.55 Å². The predicted molar refractivity (Wildman–Crippen MR) is 51.0 cm³/mol. The minimum absolute atomic E-state index is 0.0197. The standard InChI is InChI=1S/C6H8ClN2O3S/c1-8-3-4(13(7)12)5(10)9(2)6(8)11/h3,12H,1-2H3/q+1. The molecule has 0 bridgehead atoms. The Balaban J connectivity index is 3.60. The molecule has 0 aromatic carbocycles. The van der Waals surface area contributed by atoms with Crippen LogP contribution in [0.5, 0.6) is 0 Å². The lowest BCUT2D eigenvalue weighted by atomic mass is 10.6. The highest BCUT2D eigenvalue weighted by Gasteiger charge is 2.24. The number of halogens is 1. The summed E-state index contributed by atoms with van der Waals surface area (Å²) < 4.78 is 11.1. The Hall–Kier alpha value is -0.720. The minimum Gasteiger partial charge on any atom is -0.298 e. The molecule has 0 spiro atoms. The van der Waals surface area contributed by atoms with Crippen LogP contribution in [0.4, 0.5) is 0 Å². The Kier molecular flexibility index (Phi) is 2.84. The largest absolute Gasteiger partial charge is 0.330 e. The fourth-order valence-corrected chi connectivity index (χ4v) is 1.73. The maximum atomic E-state index is 11.3. The summed E-state index contributed by atoms with van der Waals surface area (Å²) in [5.41, 5.74) is -1.01. The van der Waals surface area contributed by atoms with Gasteiger partial charge in [0.25, 0.3) is 4.90 Å². The molecule has 72 valence electrons. The summed E-state index contributed by atoms with van der Waals surface area (Å²) in [4.78, 5) is 22.5. The number of rotatable bonds is 1. The molecule has 0 saturated carbocycles. The van der Waals surface area contributed by atoms with Gasteiger partial charge in [0.2, 0.25) is 10.7 Å². The van der Waals surface area contributed by atoms with Gasteiger partial charge in [0, 0.05) is 14.1 Å². The fraction of sp³-hybridized carbons (Fsp3) is 0.333. The second-order valence-corrected chi connectivity index (χ2v) is 4.28. The van der Waals surface area contributed by atoms with E-state index in [4.69, 9.17) is 15.2 Å². The van der Waals surface area contributed by atoms with Crippen LogP contribution in [0.15, 0.2) is 20.7 Å². The molecule has 0 radical (unpaired) electrons.